The Bertz CT molecular complexity index is 708. The number of ether oxygens (including phenoxy) is 1. The topological polar surface area (TPSA) is 75.8 Å². The van der Waals surface area contributed by atoms with Gasteiger partial charge in [0, 0.05) is 44.1 Å². The van der Waals surface area contributed by atoms with E-state index in [-0.39, 0.29) is 6.10 Å². The Balaban J connectivity index is 1.67. The number of hydrogen-bond acceptors (Lipinski definition) is 5. The molecule has 0 amide bonds. The lowest BCUT2D eigenvalue weighted by molar-refractivity contribution is 0.0932. The van der Waals surface area contributed by atoms with Crippen molar-refractivity contribution in [3.63, 3.8) is 0 Å². The third-order valence-electron chi connectivity index (χ3n) is 3.77. The van der Waals surface area contributed by atoms with E-state index >= 15 is 0 Å². The van der Waals surface area contributed by atoms with Crippen LogP contribution >= 0.6 is 11.6 Å². The van der Waals surface area contributed by atoms with Crippen LogP contribution in [-0.2, 0) is 11.8 Å². The van der Waals surface area contributed by atoms with E-state index in [0.717, 1.165) is 18.6 Å². The van der Waals surface area contributed by atoms with Crippen LogP contribution < -0.4 is 5.32 Å². The van der Waals surface area contributed by atoms with Crippen molar-refractivity contribution in [2.24, 2.45) is 13.0 Å². The number of nitriles is 1. The summed E-state index contributed by atoms with van der Waals surface area (Å²) >= 11 is 6.13. The summed E-state index contributed by atoms with van der Waals surface area (Å²) in [7, 11) is 1.89. The molecule has 0 unspecified atom stereocenters. The van der Waals surface area contributed by atoms with E-state index in [4.69, 9.17) is 21.6 Å². The number of aromatic nitrogens is 3. The normalized spacial score (nSPS) is 20.8. The Kier molecular flexibility index (Phi) is 4.27. The average Bonchev–Trinajstić information content (AvgIpc) is 3.14. The second kappa shape index (κ2) is 6.34. The number of nitrogens with zero attached hydrogens (tertiary/aromatic N) is 4. The molecule has 1 aliphatic rings. The SMILES string of the molecule is Cn1cc([C@@H]2OCC[C@H]2CNc2ncc(C#N)cc2Cl)cn1. The van der Waals surface area contributed by atoms with Gasteiger partial charge in [0.25, 0.3) is 0 Å². The van der Waals surface area contributed by atoms with Crippen LogP contribution in [0.3, 0.4) is 0 Å². The fourth-order valence-electron chi connectivity index (χ4n) is 2.66. The third-order valence-corrected chi connectivity index (χ3v) is 4.06. The van der Waals surface area contributed by atoms with E-state index in [0.29, 0.717) is 28.9 Å². The van der Waals surface area contributed by atoms with Crippen LogP contribution in [0.2, 0.25) is 5.02 Å². The second-order valence-electron chi connectivity index (χ2n) is 5.33. The highest BCUT2D eigenvalue weighted by Gasteiger charge is 2.30. The molecule has 2 atom stereocenters. The standard InChI is InChI=1S/C15H16ClN5O/c1-21-9-12(8-20-21)14-11(2-3-22-14)7-19-15-13(16)4-10(5-17)6-18-15/h4,6,8-9,11,14H,2-3,7H2,1H3,(H,18,19)/t11-,14+/m0/s1. The molecule has 7 heteroatoms. The largest absolute Gasteiger partial charge is 0.373 e. The minimum atomic E-state index is 0.0401. The number of nitrogens with one attached hydrogen (secondary N) is 1. The van der Waals surface area contributed by atoms with Crippen LogP contribution in [0.5, 0.6) is 0 Å². The lowest BCUT2D eigenvalue weighted by atomic mass is 9.97. The first-order valence-corrected chi connectivity index (χ1v) is 7.45. The Morgan fingerprint density at radius 1 is 1.55 bits per heavy atom. The van der Waals surface area contributed by atoms with E-state index in [1.807, 2.05) is 25.5 Å². The zero-order chi connectivity index (χ0) is 15.5. The van der Waals surface area contributed by atoms with Gasteiger partial charge in [0.15, 0.2) is 0 Å². The summed E-state index contributed by atoms with van der Waals surface area (Å²) in [6, 6.07) is 3.63. The van der Waals surface area contributed by atoms with Crippen molar-refractivity contribution >= 4 is 17.4 Å². The van der Waals surface area contributed by atoms with E-state index in [9.17, 15) is 0 Å². The minimum absolute atomic E-state index is 0.0401. The molecule has 1 fully saturated rings. The molecule has 114 valence electrons. The maximum absolute atomic E-state index is 8.82. The summed E-state index contributed by atoms with van der Waals surface area (Å²) in [5.41, 5.74) is 1.54. The number of hydrogen-bond donors (Lipinski definition) is 1. The molecule has 0 aromatic carbocycles. The highest BCUT2D eigenvalue weighted by molar-refractivity contribution is 6.33. The zero-order valence-electron chi connectivity index (χ0n) is 12.2. The molecule has 1 aliphatic heterocycles. The molecule has 1 saturated heterocycles. The van der Waals surface area contributed by atoms with Gasteiger partial charge in [0.1, 0.15) is 11.9 Å². The van der Waals surface area contributed by atoms with Crippen molar-refractivity contribution in [3.05, 3.63) is 40.8 Å². The molecule has 6 nitrogen and oxygen atoms in total. The van der Waals surface area contributed by atoms with Crippen LogP contribution in [-0.4, -0.2) is 27.9 Å². The summed E-state index contributed by atoms with van der Waals surface area (Å²) in [6.45, 7) is 1.44. The molecule has 3 heterocycles. The predicted octanol–water partition coefficient (Wildman–Crippen LogP) is 2.53. The van der Waals surface area contributed by atoms with Gasteiger partial charge in [0.2, 0.25) is 0 Å². The Labute approximate surface area is 133 Å². The molecular formula is C15H16ClN5O. The fourth-order valence-corrected chi connectivity index (χ4v) is 2.89. The molecule has 0 saturated carbocycles. The smallest absolute Gasteiger partial charge is 0.144 e. The Morgan fingerprint density at radius 3 is 3.09 bits per heavy atom. The van der Waals surface area contributed by atoms with E-state index in [1.54, 1.807) is 10.7 Å². The van der Waals surface area contributed by atoms with Crippen molar-refractivity contribution in [2.45, 2.75) is 12.5 Å². The molecule has 0 radical (unpaired) electrons. The molecule has 22 heavy (non-hydrogen) atoms. The van der Waals surface area contributed by atoms with Crippen molar-refractivity contribution in [3.8, 4) is 6.07 Å². The molecule has 0 aliphatic carbocycles. The van der Waals surface area contributed by atoms with Crippen LogP contribution in [0.15, 0.2) is 24.7 Å². The molecular weight excluding hydrogens is 302 g/mol. The highest BCUT2D eigenvalue weighted by atomic mass is 35.5. The summed E-state index contributed by atoms with van der Waals surface area (Å²) in [5.74, 6) is 0.926. The Hall–Kier alpha value is -2.10. The molecule has 3 rings (SSSR count). The van der Waals surface area contributed by atoms with Crippen LogP contribution in [0.25, 0.3) is 0 Å². The lowest BCUT2D eigenvalue weighted by Gasteiger charge is -2.18. The highest BCUT2D eigenvalue weighted by Crippen LogP contribution is 2.34. The van der Waals surface area contributed by atoms with E-state index in [1.165, 1.54) is 6.20 Å². The van der Waals surface area contributed by atoms with E-state index < -0.39 is 0 Å². The molecule has 2 aromatic rings. The first kappa shape index (κ1) is 14.8. The molecule has 1 N–H and O–H groups in total. The van der Waals surface area contributed by atoms with Crippen LogP contribution in [0, 0.1) is 17.2 Å². The first-order chi connectivity index (χ1) is 10.7. The number of rotatable bonds is 4. The van der Waals surface area contributed by atoms with Crippen molar-refractivity contribution in [2.75, 3.05) is 18.5 Å². The zero-order valence-corrected chi connectivity index (χ0v) is 12.9. The van der Waals surface area contributed by atoms with Crippen molar-refractivity contribution in [1.29, 1.82) is 5.26 Å². The molecule has 0 bridgehead atoms. The van der Waals surface area contributed by atoms with Gasteiger partial charge in [-0.2, -0.15) is 10.4 Å². The Morgan fingerprint density at radius 2 is 2.41 bits per heavy atom. The first-order valence-electron chi connectivity index (χ1n) is 7.07. The summed E-state index contributed by atoms with van der Waals surface area (Å²) in [6.07, 6.45) is 6.35. The van der Waals surface area contributed by atoms with Crippen molar-refractivity contribution in [1.82, 2.24) is 14.8 Å². The number of anilines is 1. The van der Waals surface area contributed by atoms with Crippen molar-refractivity contribution < 1.29 is 4.74 Å². The van der Waals surface area contributed by atoms with Gasteiger partial charge in [-0.05, 0) is 12.5 Å². The summed E-state index contributed by atoms with van der Waals surface area (Å²) in [4.78, 5) is 4.19. The molecule has 2 aromatic heterocycles. The van der Waals surface area contributed by atoms with Gasteiger partial charge in [-0.1, -0.05) is 11.6 Å². The second-order valence-corrected chi connectivity index (χ2v) is 5.74. The van der Waals surface area contributed by atoms with Gasteiger partial charge in [-0.3, -0.25) is 4.68 Å². The van der Waals surface area contributed by atoms with Crippen LogP contribution in [0.4, 0.5) is 5.82 Å². The van der Waals surface area contributed by atoms with Gasteiger partial charge in [0.05, 0.1) is 22.9 Å². The average molecular weight is 318 g/mol. The number of aryl methyl sites for hydroxylation is 1. The predicted molar refractivity (Wildman–Crippen MR) is 82.5 cm³/mol. The fraction of sp³-hybridized carbons (Fsp3) is 0.400. The van der Waals surface area contributed by atoms with Gasteiger partial charge in [-0.25, -0.2) is 4.98 Å². The maximum Gasteiger partial charge on any atom is 0.144 e. The number of pyridine rings is 1. The third kappa shape index (κ3) is 3.06. The molecule has 0 spiro atoms. The summed E-state index contributed by atoms with van der Waals surface area (Å²) < 4.78 is 7.61. The quantitative estimate of drug-likeness (QED) is 0.937. The monoisotopic (exact) mass is 317 g/mol. The summed E-state index contributed by atoms with van der Waals surface area (Å²) in [5, 5.41) is 16.7. The number of halogens is 1. The van der Waals surface area contributed by atoms with Gasteiger partial charge >= 0.3 is 0 Å². The lowest BCUT2D eigenvalue weighted by Crippen LogP contribution is -2.18. The van der Waals surface area contributed by atoms with Crippen LogP contribution in [0.1, 0.15) is 23.7 Å². The maximum atomic E-state index is 8.82. The van der Waals surface area contributed by atoms with Gasteiger partial charge < -0.3 is 10.1 Å². The van der Waals surface area contributed by atoms with Gasteiger partial charge in [-0.15, -0.1) is 0 Å². The van der Waals surface area contributed by atoms with E-state index in [2.05, 4.69) is 15.4 Å². The minimum Gasteiger partial charge on any atom is -0.373 e.